The van der Waals surface area contributed by atoms with Gasteiger partial charge in [-0.1, -0.05) is 65.8 Å². The molecule has 1 aromatic heterocycles. The van der Waals surface area contributed by atoms with Gasteiger partial charge in [-0.05, 0) is 30.2 Å². The average molecular weight is 344 g/mol. The van der Waals surface area contributed by atoms with Gasteiger partial charge in [0.2, 0.25) is 0 Å². The number of halogens is 1. The molecule has 3 rings (SSSR count). The molecule has 0 unspecified atom stereocenters. The van der Waals surface area contributed by atoms with Gasteiger partial charge in [-0.3, -0.25) is 0 Å². The summed E-state index contributed by atoms with van der Waals surface area (Å²) in [4.78, 5) is 0. The van der Waals surface area contributed by atoms with E-state index in [9.17, 15) is 0 Å². The van der Waals surface area contributed by atoms with Crippen molar-refractivity contribution >= 4 is 23.4 Å². The maximum Gasteiger partial charge on any atom is 0.191 e. The van der Waals surface area contributed by atoms with E-state index in [-0.39, 0.29) is 0 Å². The minimum absolute atomic E-state index is 0.764. The predicted octanol–water partition coefficient (Wildman–Crippen LogP) is 4.83. The molecule has 23 heavy (non-hydrogen) atoms. The van der Waals surface area contributed by atoms with Crippen molar-refractivity contribution in [3.8, 4) is 0 Å². The van der Waals surface area contributed by atoms with Crippen molar-refractivity contribution in [3.05, 3.63) is 76.6 Å². The zero-order chi connectivity index (χ0) is 16.1. The van der Waals surface area contributed by atoms with Crippen molar-refractivity contribution in [2.45, 2.75) is 30.8 Å². The third-order valence-corrected chi connectivity index (χ3v) is 4.89. The van der Waals surface area contributed by atoms with Crippen molar-refractivity contribution in [2.75, 3.05) is 0 Å². The highest BCUT2D eigenvalue weighted by Crippen LogP contribution is 2.23. The summed E-state index contributed by atoms with van der Waals surface area (Å²) in [5.41, 5.74) is 2.48. The maximum absolute atomic E-state index is 5.92. The molecule has 0 saturated heterocycles. The monoisotopic (exact) mass is 343 g/mol. The Bertz CT molecular complexity index is 754. The smallest absolute Gasteiger partial charge is 0.191 e. The quantitative estimate of drug-likeness (QED) is 0.600. The van der Waals surface area contributed by atoms with Crippen LogP contribution in [0.1, 0.15) is 23.9 Å². The highest BCUT2D eigenvalue weighted by Gasteiger charge is 2.11. The van der Waals surface area contributed by atoms with E-state index in [2.05, 4.69) is 46.0 Å². The molecular weight excluding hydrogens is 326 g/mol. The van der Waals surface area contributed by atoms with Crippen LogP contribution in [-0.4, -0.2) is 14.8 Å². The summed E-state index contributed by atoms with van der Waals surface area (Å²) >= 11 is 7.63. The Morgan fingerprint density at radius 3 is 2.39 bits per heavy atom. The molecule has 5 heteroatoms. The molecule has 0 N–H and O–H groups in total. The van der Waals surface area contributed by atoms with E-state index in [0.29, 0.717) is 0 Å². The lowest BCUT2D eigenvalue weighted by molar-refractivity contribution is 0.651. The first-order chi connectivity index (χ1) is 11.3. The van der Waals surface area contributed by atoms with Crippen LogP contribution in [0.15, 0.2) is 59.8 Å². The molecule has 118 valence electrons. The van der Waals surface area contributed by atoms with Gasteiger partial charge in [-0.25, -0.2) is 0 Å². The summed E-state index contributed by atoms with van der Waals surface area (Å²) in [6.07, 6.45) is 0.809. The molecule has 0 fully saturated rings. The number of aromatic nitrogens is 3. The van der Waals surface area contributed by atoms with E-state index in [0.717, 1.165) is 34.7 Å². The Morgan fingerprint density at radius 2 is 1.70 bits per heavy atom. The fourth-order valence-corrected chi connectivity index (χ4v) is 3.48. The number of nitrogens with zero attached hydrogens (tertiary/aromatic N) is 3. The molecule has 0 spiro atoms. The Morgan fingerprint density at radius 1 is 0.957 bits per heavy atom. The van der Waals surface area contributed by atoms with Crippen LogP contribution in [0.4, 0.5) is 0 Å². The first-order valence-corrected chi connectivity index (χ1v) is 8.96. The lowest BCUT2D eigenvalue weighted by Crippen LogP contribution is -2.04. The van der Waals surface area contributed by atoms with Gasteiger partial charge in [0.25, 0.3) is 0 Å². The van der Waals surface area contributed by atoms with Crippen LogP contribution in [0.3, 0.4) is 0 Å². The fraction of sp³-hybridized carbons (Fsp3) is 0.222. The van der Waals surface area contributed by atoms with Crippen molar-refractivity contribution in [1.82, 2.24) is 14.8 Å². The van der Waals surface area contributed by atoms with Crippen LogP contribution in [-0.2, 0) is 18.7 Å². The Hall–Kier alpha value is -1.78. The zero-order valence-corrected chi connectivity index (χ0v) is 14.5. The second-order valence-corrected chi connectivity index (χ2v) is 6.60. The molecular formula is C18H18ClN3S. The molecule has 0 radical (unpaired) electrons. The molecule has 0 aliphatic carbocycles. The number of thioether (sulfide) groups is 1. The predicted molar refractivity (Wildman–Crippen MR) is 96.0 cm³/mol. The Labute approximate surface area is 145 Å². The number of benzene rings is 2. The molecule has 3 nitrogen and oxygen atoms in total. The Kier molecular flexibility index (Phi) is 5.36. The SMILES string of the molecule is CCn1c(Cc2ccccc2)nnc1SCc1ccc(Cl)cc1. The van der Waals surface area contributed by atoms with Gasteiger partial charge in [0.05, 0.1) is 0 Å². The van der Waals surface area contributed by atoms with Crippen LogP contribution >= 0.6 is 23.4 Å². The summed E-state index contributed by atoms with van der Waals surface area (Å²) in [7, 11) is 0. The second-order valence-electron chi connectivity index (χ2n) is 5.22. The molecule has 3 aromatic rings. The summed E-state index contributed by atoms with van der Waals surface area (Å²) in [6, 6.07) is 18.3. The number of hydrogen-bond donors (Lipinski definition) is 0. The third-order valence-electron chi connectivity index (χ3n) is 3.60. The molecule has 2 aromatic carbocycles. The summed E-state index contributed by atoms with van der Waals surface area (Å²) in [5, 5.41) is 10.5. The zero-order valence-electron chi connectivity index (χ0n) is 12.9. The standard InChI is InChI=1S/C18H18ClN3S/c1-2-22-17(12-14-6-4-3-5-7-14)20-21-18(22)23-13-15-8-10-16(19)11-9-15/h3-11H,2,12-13H2,1H3. The van der Waals surface area contributed by atoms with Crippen molar-refractivity contribution in [3.63, 3.8) is 0 Å². The molecule has 0 aliphatic heterocycles. The van der Waals surface area contributed by atoms with Crippen molar-refractivity contribution in [2.24, 2.45) is 0 Å². The van der Waals surface area contributed by atoms with E-state index in [1.165, 1.54) is 11.1 Å². The minimum Gasteiger partial charge on any atom is -0.306 e. The van der Waals surface area contributed by atoms with Gasteiger partial charge < -0.3 is 4.57 Å². The first-order valence-electron chi connectivity index (χ1n) is 7.59. The normalized spacial score (nSPS) is 10.9. The van der Waals surface area contributed by atoms with Crippen LogP contribution in [0, 0.1) is 0 Å². The summed E-state index contributed by atoms with van der Waals surface area (Å²) in [5.74, 6) is 1.87. The van der Waals surface area contributed by atoms with E-state index < -0.39 is 0 Å². The molecule has 0 aliphatic rings. The maximum atomic E-state index is 5.92. The highest BCUT2D eigenvalue weighted by atomic mass is 35.5. The van der Waals surface area contributed by atoms with Crippen LogP contribution in [0.25, 0.3) is 0 Å². The second kappa shape index (κ2) is 7.66. The van der Waals surface area contributed by atoms with E-state index in [1.54, 1.807) is 11.8 Å². The molecule has 1 heterocycles. The fourth-order valence-electron chi connectivity index (χ4n) is 2.38. The van der Waals surface area contributed by atoms with Gasteiger partial charge in [0.15, 0.2) is 5.16 Å². The largest absolute Gasteiger partial charge is 0.306 e. The van der Waals surface area contributed by atoms with E-state index in [1.807, 2.05) is 30.3 Å². The van der Waals surface area contributed by atoms with Crippen LogP contribution < -0.4 is 0 Å². The lowest BCUT2D eigenvalue weighted by Gasteiger charge is -2.07. The molecule has 0 saturated carbocycles. The highest BCUT2D eigenvalue weighted by molar-refractivity contribution is 7.98. The summed E-state index contributed by atoms with van der Waals surface area (Å²) < 4.78 is 2.19. The van der Waals surface area contributed by atoms with Crippen molar-refractivity contribution in [1.29, 1.82) is 0 Å². The molecule has 0 amide bonds. The van der Waals surface area contributed by atoms with E-state index >= 15 is 0 Å². The number of rotatable bonds is 6. The molecule has 0 bridgehead atoms. The van der Waals surface area contributed by atoms with Gasteiger partial charge in [0, 0.05) is 23.7 Å². The van der Waals surface area contributed by atoms with Crippen molar-refractivity contribution < 1.29 is 0 Å². The Balaban J connectivity index is 1.71. The van der Waals surface area contributed by atoms with Gasteiger partial charge in [-0.15, -0.1) is 10.2 Å². The average Bonchev–Trinajstić information content (AvgIpc) is 2.97. The van der Waals surface area contributed by atoms with Crippen LogP contribution in [0.2, 0.25) is 5.02 Å². The van der Waals surface area contributed by atoms with E-state index in [4.69, 9.17) is 11.6 Å². The lowest BCUT2D eigenvalue weighted by atomic mass is 10.1. The first kappa shape index (κ1) is 16.1. The third kappa shape index (κ3) is 4.15. The summed E-state index contributed by atoms with van der Waals surface area (Å²) in [6.45, 7) is 3.00. The topological polar surface area (TPSA) is 30.7 Å². The van der Waals surface area contributed by atoms with Gasteiger partial charge >= 0.3 is 0 Å². The van der Waals surface area contributed by atoms with Gasteiger partial charge in [0.1, 0.15) is 5.82 Å². The van der Waals surface area contributed by atoms with Gasteiger partial charge in [-0.2, -0.15) is 0 Å². The minimum atomic E-state index is 0.764. The number of hydrogen-bond acceptors (Lipinski definition) is 3. The van der Waals surface area contributed by atoms with Crippen LogP contribution in [0.5, 0.6) is 0 Å². The molecule has 0 atom stereocenters.